The lowest BCUT2D eigenvalue weighted by Crippen LogP contribution is -2.45. The normalized spacial score (nSPS) is 23.2. The first-order chi connectivity index (χ1) is 9.31. The second-order valence-electron chi connectivity index (χ2n) is 6.80. The van der Waals surface area contributed by atoms with Crippen LogP contribution >= 0.6 is 11.6 Å². The van der Waals surface area contributed by atoms with Crippen molar-refractivity contribution in [2.45, 2.75) is 39.2 Å². The van der Waals surface area contributed by atoms with Gasteiger partial charge in [-0.3, -0.25) is 0 Å². The molecule has 1 aliphatic heterocycles. The Morgan fingerprint density at radius 2 is 2.15 bits per heavy atom. The van der Waals surface area contributed by atoms with Crippen LogP contribution in [0.15, 0.2) is 18.2 Å². The molecular formula is C16H23ClFNO. The number of halogens is 2. The third-order valence-electron chi connectivity index (χ3n) is 3.78. The van der Waals surface area contributed by atoms with E-state index in [4.69, 9.17) is 16.3 Å². The van der Waals surface area contributed by atoms with Crippen LogP contribution in [-0.4, -0.2) is 25.3 Å². The lowest BCUT2D eigenvalue weighted by atomic mass is 9.80. The molecule has 1 aromatic carbocycles. The molecule has 112 valence electrons. The molecule has 2 nitrogen and oxygen atoms in total. The van der Waals surface area contributed by atoms with Gasteiger partial charge in [-0.15, -0.1) is 0 Å². The van der Waals surface area contributed by atoms with Crippen molar-refractivity contribution in [3.8, 4) is 0 Å². The number of benzene rings is 1. The largest absolute Gasteiger partial charge is 0.381 e. The van der Waals surface area contributed by atoms with Crippen molar-refractivity contribution in [2.75, 3.05) is 19.8 Å². The van der Waals surface area contributed by atoms with Crippen LogP contribution in [-0.2, 0) is 11.2 Å². The molecule has 0 aliphatic carbocycles. The van der Waals surface area contributed by atoms with Gasteiger partial charge in [0.05, 0.1) is 11.6 Å². The van der Waals surface area contributed by atoms with Crippen LogP contribution in [0.5, 0.6) is 0 Å². The molecule has 0 aromatic heterocycles. The van der Waals surface area contributed by atoms with Gasteiger partial charge in [0, 0.05) is 24.1 Å². The smallest absolute Gasteiger partial charge is 0.142 e. The van der Waals surface area contributed by atoms with Crippen LogP contribution in [0.1, 0.15) is 32.8 Å². The standard InChI is InChI=1S/C16H23ClFNO/c1-15(2,3)19-10-16(7-8-20-11-16)9-12-5-4-6-13(18)14(12)17/h4-6,19H,7-11H2,1-3H3. The number of nitrogens with one attached hydrogen (secondary N) is 1. The minimum atomic E-state index is -0.345. The predicted molar refractivity (Wildman–Crippen MR) is 80.7 cm³/mol. The number of hydrogen-bond acceptors (Lipinski definition) is 2. The van der Waals surface area contributed by atoms with Gasteiger partial charge in [-0.05, 0) is 45.2 Å². The summed E-state index contributed by atoms with van der Waals surface area (Å²) in [6, 6.07) is 5.02. The topological polar surface area (TPSA) is 21.3 Å². The second-order valence-corrected chi connectivity index (χ2v) is 7.17. The van der Waals surface area contributed by atoms with Gasteiger partial charge >= 0.3 is 0 Å². The molecule has 4 heteroatoms. The molecule has 0 amide bonds. The van der Waals surface area contributed by atoms with E-state index >= 15 is 0 Å². The van der Waals surface area contributed by atoms with Crippen molar-refractivity contribution in [3.05, 3.63) is 34.6 Å². The van der Waals surface area contributed by atoms with Gasteiger partial charge in [-0.25, -0.2) is 4.39 Å². The van der Waals surface area contributed by atoms with Crippen LogP contribution in [0.3, 0.4) is 0 Å². The molecule has 1 fully saturated rings. The highest BCUT2D eigenvalue weighted by molar-refractivity contribution is 6.31. The highest BCUT2D eigenvalue weighted by Crippen LogP contribution is 2.35. The first kappa shape index (κ1) is 15.7. The summed E-state index contributed by atoms with van der Waals surface area (Å²) in [5.41, 5.74) is 0.930. The first-order valence-electron chi connectivity index (χ1n) is 7.07. The lowest BCUT2D eigenvalue weighted by Gasteiger charge is -2.32. The molecule has 1 unspecified atom stereocenters. The van der Waals surface area contributed by atoms with E-state index in [2.05, 4.69) is 26.1 Å². The SMILES string of the molecule is CC(C)(C)NCC1(Cc2cccc(F)c2Cl)CCOC1. The van der Waals surface area contributed by atoms with Crippen LogP contribution < -0.4 is 5.32 Å². The zero-order chi connectivity index (χ0) is 14.8. The van der Waals surface area contributed by atoms with E-state index in [1.54, 1.807) is 6.07 Å². The monoisotopic (exact) mass is 299 g/mol. The van der Waals surface area contributed by atoms with Gasteiger partial charge in [0.2, 0.25) is 0 Å². The number of rotatable bonds is 4. The molecule has 0 bridgehead atoms. The quantitative estimate of drug-likeness (QED) is 0.912. The Kier molecular flexibility index (Phi) is 4.73. The lowest BCUT2D eigenvalue weighted by molar-refractivity contribution is 0.144. The summed E-state index contributed by atoms with van der Waals surface area (Å²) in [6.07, 6.45) is 1.72. The molecule has 1 aliphatic rings. The maximum atomic E-state index is 13.6. The number of ether oxygens (including phenoxy) is 1. The minimum absolute atomic E-state index is 0.00468. The average molecular weight is 300 g/mol. The maximum absolute atomic E-state index is 13.6. The molecule has 1 N–H and O–H groups in total. The first-order valence-corrected chi connectivity index (χ1v) is 7.45. The van der Waals surface area contributed by atoms with Crippen molar-refractivity contribution in [2.24, 2.45) is 5.41 Å². The van der Waals surface area contributed by atoms with Gasteiger partial charge < -0.3 is 10.1 Å². The van der Waals surface area contributed by atoms with Gasteiger partial charge in [-0.1, -0.05) is 23.7 Å². The fourth-order valence-electron chi connectivity index (χ4n) is 2.53. The van der Waals surface area contributed by atoms with Crippen LogP contribution in [0.2, 0.25) is 5.02 Å². The highest BCUT2D eigenvalue weighted by atomic mass is 35.5. The van der Waals surface area contributed by atoms with Crippen molar-refractivity contribution in [3.63, 3.8) is 0 Å². The average Bonchev–Trinajstić information content (AvgIpc) is 2.81. The molecule has 1 heterocycles. The van der Waals surface area contributed by atoms with E-state index in [1.807, 2.05) is 6.07 Å². The van der Waals surface area contributed by atoms with Crippen molar-refractivity contribution < 1.29 is 9.13 Å². The van der Waals surface area contributed by atoms with Crippen LogP contribution in [0.4, 0.5) is 4.39 Å². The van der Waals surface area contributed by atoms with Crippen LogP contribution in [0, 0.1) is 11.2 Å². The fraction of sp³-hybridized carbons (Fsp3) is 0.625. The maximum Gasteiger partial charge on any atom is 0.142 e. The van der Waals surface area contributed by atoms with E-state index in [1.165, 1.54) is 6.07 Å². The Balaban J connectivity index is 2.15. The van der Waals surface area contributed by atoms with E-state index in [0.29, 0.717) is 6.61 Å². The van der Waals surface area contributed by atoms with Crippen molar-refractivity contribution >= 4 is 11.6 Å². The second kappa shape index (κ2) is 6.00. The Labute approximate surface area is 125 Å². The third-order valence-corrected chi connectivity index (χ3v) is 4.20. The summed E-state index contributed by atoms with van der Waals surface area (Å²) in [5, 5.41) is 3.79. The van der Waals surface area contributed by atoms with E-state index in [0.717, 1.165) is 31.6 Å². The molecule has 0 spiro atoms. The summed E-state index contributed by atoms with van der Waals surface area (Å²) in [4.78, 5) is 0. The molecule has 2 rings (SSSR count). The van der Waals surface area contributed by atoms with E-state index in [-0.39, 0.29) is 21.8 Å². The Bertz CT molecular complexity index is 464. The fourth-order valence-corrected chi connectivity index (χ4v) is 2.73. The summed E-state index contributed by atoms with van der Waals surface area (Å²) in [5.74, 6) is -0.345. The third kappa shape index (κ3) is 3.94. The van der Waals surface area contributed by atoms with Gasteiger partial charge in [-0.2, -0.15) is 0 Å². The molecule has 1 saturated heterocycles. The van der Waals surface area contributed by atoms with Gasteiger partial charge in [0.1, 0.15) is 5.82 Å². The molecule has 1 atom stereocenters. The minimum Gasteiger partial charge on any atom is -0.381 e. The van der Waals surface area contributed by atoms with Gasteiger partial charge in [0.25, 0.3) is 0 Å². The van der Waals surface area contributed by atoms with E-state index < -0.39 is 0 Å². The molecule has 20 heavy (non-hydrogen) atoms. The zero-order valence-electron chi connectivity index (χ0n) is 12.4. The van der Waals surface area contributed by atoms with Crippen LogP contribution in [0.25, 0.3) is 0 Å². The Morgan fingerprint density at radius 1 is 1.40 bits per heavy atom. The summed E-state index contributed by atoms with van der Waals surface area (Å²) < 4.78 is 19.2. The highest BCUT2D eigenvalue weighted by Gasteiger charge is 2.36. The Morgan fingerprint density at radius 3 is 2.75 bits per heavy atom. The zero-order valence-corrected chi connectivity index (χ0v) is 13.2. The molecule has 0 saturated carbocycles. The summed E-state index contributed by atoms with van der Waals surface area (Å²) in [7, 11) is 0. The summed E-state index contributed by atoms with van der Waals surface area (Å²) >= 11 is 6.09. The van der Waals surface area contributed by atoms with Crippen molar-refractivity contribution in [1.29, 1.82) is 0 Å². The van der Waals surface area contributed by atoms with Crippen molar-refractivity contribution in [1.82, 2.24) is 5.32 Å². The summed E-state index contributed by atoms with van der Waals surface area (Å²) in [6.45, 7) is 8.74. The predicted octanol–water partition coefficient (Wildman–Crippen LogP) is 3.82. The van der Waals surface area contributed by atoms with Gasteiger partial charge in [0.15, 0.2) is 0 Å². The Hall–Kier alpha value is -0.640. The molecular weight excluding hydrogens is 277 g/mol. The van der Waals surface area contributed by atoms with E-state index in [9.17, 15) is 4.39 Å². The molecule has 1 aromatic rings. The molecule has 0 radical (unpaired) electrons. The number of hydrogen-bond donors (Lipinski definition) is 1.